The monoisotopic (exact) mass is 217 g/mol. The number of hydrogen-bond acceptors (Lipinski definition) is 1. The van der Waals surface area contributed by atoms with Gasteiger partial charge < -0.3 is 4.90 Å². The first-order chi connectivity index (χ1) is 7.63. The van der Waals surface area contributed by atoms with Gasteiger partial charge in [0.05, 0.1) is 0 Å². The van der Waals surface area contributed by atoms with Gasteiger partial charge in [0.25, 0.3) is 5.91 Å². The molecule has 0 saturated heterocycles. The van der Waals surface area contributed by atoms with Crippen LogP contribution < -0.4 is 0 Å². The first-order valence-corrected chi connectivity index (χ1v) is 6.01. The Morgan fingerprint density at radius 1 is 1.44 bits per heavy atom. The lowest BCUT2D eigenvalue weighted by atomic mass is 9.91. The van der Waals surface area contributed by atoms with E-state index in [9.17, 15) is 4.79 Å². The third-order valence-electron chi connectivity index (χ3n) is 3.61. The smallest absolute Gasteiger partial charge is 0.253 e. The molecule has 1 aromatic carbocycles. The molecule has 1 aromatic rings. The highest BCUT2D eigenvalue weighted by Crippen LogP contribution is 2.25. The number of fused-ring (bicyclic) bond motifs is 1. The van der Waals surface area contributed by atoms with Crippen LogP contribution in [0.25, 0.3) is 0 Å². The van der Waals surface area contributed by atoms with Crippen molar-refractivity contribution in [2.24, 2.45) is 0 Å². The zero-order valence-electron chi connectivity index (χ0n) is 10.3. The van der Waals surface area contributed by atoms with E-state index in [1.807, 2.05) is 11.9 Å². The van der Waals surface area contributed by atoms with Crippen LogP contribution in [0, 0.1) is 0 Å². The molecule has 2 heteroatoms. The topological polar surface area (TPSA) is 20.3 Å². The van der Waals surface area contributed by atoms with E-state index in [2.05, 4.69) is 32.0 Å². The van der Waals surface area contributed by atoms with E-state index in [1.54, 1.807) is 0 Å². The molecule has 0 saturated carbocycles. The zero-order valence-corrected chi connectivity index (χ0v) is 10.3. The second-order valence-electron chi connectivity index (χ2n) is 4.70. The van der Waals surface area contributed by atoms with E-state index in [4.69, 9.17) is 0 Å². The molecule has 0 bridgehead atoms. The van der Waals surface area contributed by atoms with Gasteiger partial charge in [-0.1, -0.05) is 26.0 Å². The highest BCUT2D eigenvalue weighted by molar-refractivity contribution is 5.96. The molecule has 0 aromatic heterocycles. The van der Waals surface area contributed by atoms with Gasteiger partial charge in [0.2, 0.25) is 0 Å². The van der Waals surface area contributed by atoms with Crippen LogP contribution in [0.5, 0.6) is 0 Å². The maximum atomic E-state index is 12.0. The number of amides is 1. The molecule has 1 unspecified atom stereocenters. The Bertz CT molecular complexity index is 411. The van der Waals surface area contributed by atoms with E-state index >= 15 is 0 Å². The standard InChI is InChI=1S/C14H19NO/c1-4-10(2)12-6-5-11-7-8-15(3)14(16)13(11)9-12/h5-6,9-10H,4,7-8H2,1-3H3. The van der Waals surface area contributed by atoms with Crippen molar-refractivity contribution in [1.82, 2.24) is 4.90 Å². The minimum absolute atomic E-state index is 0.173. The Balaban J connectivity index is 2.40. The van der Waals surface area contributed by atoms with Gasteiger partial charge in [0.1, 0.15) is 0 Å². The lowest BCUT2D eigenvalue weighted by Gasteiger charge is -2.25. The van der Waals surface area contributed by atoms with E-state index in [0.717, 1.165) is 24.9 Å². The fraction of sp³-hybridized carbons (Fsp3) is 0.500. The highest BCUT2D eigenvalue weighted by Gasteiger charge is 2.21. The molecular weight excluding hydrogens is 198 g/mol. The molecule has 16 heavy (non-hydrogen) atoms. The highest BCUT2D eigenvalue weighted by atomic mass is 16.2. The van der Waals surface area contributed by atoms with Crippen molar-refractivity contribution in [1.29, 1.82) is 0 Å². The molecule has 1 aliphatic heterocycles. The van der Waals surface area contributed by atoms with Crippen LogP contribution in [0.2, 0.25) is 0 Å². The van der Waals surface area contributed by atoms with Crippen LogP contribution in [0.4, 0.5) is 0 Å². The third kappa shape index (κ3) is 1.84. The molecule has 1 aliphatic rings. The summed E-state index contributed by atoms with van der Waals surface area (Å²) in [7, 11) is 1.88. The minimum atomic E-state index is 0.173. The minimum Gasteiger partial charge on any atom is -0.341 e. The molecule has 0 radical (unpaired) electrons. The lowest BCUT2D eigenvalue weighted by molar-refractivity contribution is 0.0781. The van der Waals surface area contributed by atoms with Gasteiger partial charge in [-0.2, -0.15) is 0 Å². The number of likely N-dealkylation sites (N-methyl/N-ethyl adjacent to an activating group) is 1. The Morgan fingerprint density at radius 2 is 2.19 bits per heavy atom. The molecule has 0 fully saturated rings. The number of carbonyl (C=O) groups is 1. The Morgan fingerprint density at radius 3 is 2.88 bits per heavy atom. The summed E-state index contributed by atoms with van der Waals surface area (Å²) in [5.74, 6) is 0.705. The zero-order chi connectivity index (χ0) is 11.7. The van der Waals surface area contributed by atoms with Gasteiger partial charge in [-0.15, -0.1) is 0 Å². The van der Waals surface area contributed by atoms with E-state index < -0.39 is 0 Å². The second kappa shape index (κ2) is 4.28. The molecule has 1 heterocycles. The van der Waals surface area contributed by atoms with Gasteiger partial charge in [-0.3, -0.25) is 4.79 Å². The quantitative estimate of drug-likeness (QED) is 0.746. The molecule has 0 aliphatic carbocycles. The molecule has 0 spiro atoms. The Hall–Kier alpha value is -1.31. The molecular formula is C14H19NO. The maximum absolute atomic E-state index is 12.0. The number of carbonyl (C=O) groups excluding carboxylic acids is 1. The predicted molar refractivity (Wildman–Crippen MR) is 65.8 cm³/mol. The number of rotatable bonds is 2. The Kier molecular flexibility index (Phi) is 2.99. The molecule has 2 nitrogen and oxygen atoms in total. The van der Waals surface area contributed by atoms with E-state index in [-0.39, 0.29) is 5.91 Å². The van der Waals surface area contributed by atoms with Crippen molar-refractivity contribution >= 4 is 5.91 Å². The van der Waals surface area contributed by atoms with Crippen LogP contribution in [-0.4, -0.2) is 24.4 Å². The predicted octanol–water partition coefficient (Wildman–Crippen LogP) is 2.83. The third-order valence-corrected chi connectivity index (χ3v) is 3.61. The van der Waals surface area contributed by atoms with Crippen molar-refractivity contribution < 1.29 is 4.79 Å². The van der Waals surface area contributed by atoms with Gasteiger partial charge in [0, 0.05) is 19.2 Å². The largest absolute Gasteiger partial charge is 0.341 e. The summed E-state index contributed by atoms with van der Waals surface area (Å²) in [4.78, 5) is 13.8. The van der Waals surface area contributed by atoms with Crippen molar-refractivity contribution in [2.45, 2.75) is 32.6 Å². The fourth-order valence-electron chi connectivity index (χ4n) is 2.15. The van der Waals surface area contributed by atoms with Crippen LogP contribution in [0.1, 0.15) is 47.7 Å². The summed E-state index contributed by atoms with van der Waals surface area (Å²) in [6, 6.07) is 6.38. The van der Waals surface area contributed by atoms with E-state index in [0.29, 0.717) is 5.92 Å². The molecule has 2 rings (SSSR count). The summed E-state index contributed by atoms with van der Waals surface area (Å²) in [5.41, 5.74) is 3.40. The summed E-state index contributed by atoms with van der Waals surface area (Å²) in [5, 5.41) is 0. The van der Waals surface area contributed by atoms with Crippen molar-refractivity contribution in [3.63, 3.8) is 0 Å². The van der Waals surface area contributed by atoms with Gasteiger partial charge in [-0.25, -0.2) is 0 Å². The Labute approximate surface area is 97.3 Å². The van der Waals surface area contributed by atoms with Crippen LogP contribution in [-0.2, 0) is 6.42 Å². The molecule has 1 amide bonds. The number of hydrogen-bond donors (Lipinski definition) is 0. The summed E-state index contributed by atoms with van der Waals surface area (Å²) < 4.78 is 0. The summed E-state index contributed by atoms with van der Waals surface area (Å²) in [6.45, 7) is 5.23. The van der Waals surface area contributed by atoms with Gasteiger partial charge in [0.15, 0.2) is 0 Å². The van der Waals surface area contributed by atoms with Gasteiger partial charge >= 0.3 is 0 Å². The first kappa shape index (κ1) is 11.2. The fourth-order valence-corrected chi connectivity index (χ4v) is 2.15. The molecule has 1 atom stereocenters. The van der Waals surface area contributed by atoms with Crippen molar-refractivity contribution in [3.05, 3.63) is 34.9 Å². The maximum Gasteiger partial charge on any atom is 0.253 e. The first-order valence-electron chi connectivity index (χ1n) is 6.01. The van der Waals surface area contributed by atoms with E-state index in [1.165, 1.54) is 11.1 Å². The summed E-state index contributed by atoms with van der Waals surface area (Å²) in [6.07, 6.45) is 2.10. The normalized spacial score (nSPS) is 17.2. The van der Waals surface area contributed by atoms with Crippen molar-refractivity contribution in [2.75, 3.05) is 13.6 Å². The summed E-state index contributed by atoms with van der Waals surface area (Å²) >= 11 is 0. The average Bonchev–Trinajstić information content (AvgIpc) is 2.32. The lowest BCUT2D eigenvalue weighted by Crippen LogP contribution is -2.34. The average molecular weight is 217 g/mol. The number of nitrogens with zero attached hydrogens (tertiary/aromatic N) is 1. The van der Waals surface area contributed by atoms with Crippen LogP contribution in [0.15, 0.2) is 18.2 Å². The van der Waals surface area contributed by atoms with Crippen LogP contribution >= 0.6 is 0 Å². The van der Waals surface area contributed by atoms with Crippen molar-refractivity contribution in [3.8, 4) is 0 Å². The van der Waals surface area contributed by atoms with Crippen LogP contribution in [0.3, 0.4) is 0 Å². The van der Waals surface area contributed by atoms with Gasteiger partial charge in [-0.05, 0) is 36.0 Å². The SMILES string of the molecule is CCC(C)c1ccc2c(c1)C(=O)N(C)CC2. The number of benzene rings is 1. The molecule has 0 N–H and O–H groups in total. The molecule has 86 valence electrons. The second-order valence-corrected chi connectivity index (χ2v) is 4.70.